The van der Waals surface area contributed by atoms with E-state index < -0.39 is 5.91 Å². The van der Waals surface area contributed by atoms with E-state index in [9.17, 15) is 4.79 Å². The van der Waals surface area contributed by atoms with Crippen LogP contribution in [0.3, 0.4) is 0 Å². The highest BCUT2D eigenvalue weighted by molar-refractivity contribution is 6.30. The second-order valence-corrected chi connectivity index (χ2v) is 6.81. The van der Waals surface area contributed by atoms with Gasteiger partial charge in [0.1, 0.15) is 5.75 Å². The van der Waals surface area contributed by atoms with Crippen LogP contribution in [0.2, 0.25) is 5.02 Å². The molecule has 1 fully saturated rings. The molecule has 2 heterocycles. The van der Waals surface area contributed by atoms with E-state index in [2.05, 4.69) is 10.3 Å². The van der Waals surface area contributed by atoms with Gasteiger partial charge in [-0.1, -0.05) is 11.6 Å². The normalized spacial score (nSPS) is 16.1. The van der Waals surface area contributed by atoms with Gasteiger partial charge in [-0.15, -0.1) is 0 Å². The van der Waals surface area contributed by atoms with Crippen molar-refractivity contribution in [1.29, 1.82) is 0 Å². The largest absolute Gasteiger partial charge is 0.496 e. The monoisotopic (exact) mass is 375 g/mol. The van der Waals surface area contributed by atoms with E-state index in [1.54, 1.807) is 19.4 Å². The Morgan fingerprint density at radius 1 is 1.38 bits per heavy atom. The Labute approximate surface area is 157 Å². The minimum atomic E-state index is -0.512. The topological polar surface area (TPSA) is 86.5 Å². The number of aromatic nitrogens is 1. The summed E-state index contributed by atoms with van der Waals surface area (Å²) in [5.41, 5.74) is 7.30. The zero-order valence-electron chi connectivity index (χ0n) is 14.6. The summed E-state index contributed by atoms with van der Waals surface area (Å²) in [6.07, 6.45) is 4.73. The number of halogens is 1. The zero-order chi connectivity index (χ0) is 18.6. The van der Waals surface area contributed by atoms with Crippen LogP contribution in [0.15, 0.2) is 36.7 Å². The van der Waals surface area contributed by atoms with Gasteiger partial charge in [-0.2, -0.15) is 0 Å². The molecule has 138 valence electrons. The summed E-state index contributed by atoms with van der Waals surface area (Å²) in [6.45, 7) is 1.89. The van der Waals surface area contributed by atoms with Crippen molar-refractivity contribution in [2.24, 2.45) is 5.73 Å². The Balaban J connectivity index is 1.95. The molecule has 7 heteroatoms. The first-order valence-electron chi connectivity index (χ1n) is 8.45. The van der Waals surface area contributed by atoms with Gasteiger partial charge in [-0.3, -0.25) is 9.78 Å². The predicted octanol–water partition coefficient (Wildman–Crippen LogP) is 3.00. The van der Waals surface area contributed by atoms with E-state index >= 15 is 0 Å². The number of nitrogens with zero attached hydrogens (tertiary/aromatic N) is 1. The Kier molecular flexibility index (Phi) is 5.64. The fraction of sp³-hybridized carbons (Fsp3) is 0.368. The van der Waals surface area contributed by atoms with Crippen molar-refractivity contribution in [1.82, 2.24) is 4.98 Å². The first kappa shape index (κ1) is 18.5. The standard InChI is InChI=1S/C19H22ClN3O3/c1-25-17-3-2-13(20)10-15(17)19(5-8-26-9-6-19)12-23-16-4-7-22-11-14(16)18(21)24/h2-4,7,10-11H,5-6,8-9,12H2,1H3,(H2,21,24)(H,22,23). The van der Waals surface area contributed by atoms with Gasteiger partial charge < -0.3 is 20.5 Å². The van der Waals surface area contributed by atoms with Crippen LogP contribution < -0.4 is 15.8 Å². The molecule has 26 heavy (non-hydrogen) atoms. The first-order valence-corrected chi connectivity index (χ1v) is 8.83. The van der Waals surface area contributed by atoms with E-state index in [4.69, 9.17) is 26.8 Å². The number of nitrogens with one attached hydrogen (secondary N) is 1. The number of amides is 1. The maximum Gasteiger partial charge on any atom is 0.252 e. The summed E-state index contributed by atoms with van der Waals surface area (Å²) in [4.78, 5) is 15.6. The maximum absolute atomic E-state index is 11.7. The van der Waals surface area contributed by atoms with Crippen LogP contribution in [0.1, 0.15) is 28.8 Å². The number of carbonyl (C=O) groups is 1. The number of methoxy groups -OCH3 is 1. The fourth-order valence-corrected chi connectivity index (χ4v) is 3.58. The van der Waals surface area contributed by atoms with Gasteiger partial charge in [-0.25, -0.2) is 0 Å². The van der Waals surface area contributed by atoms with Gasteiger partial charge in [-0.05, 0) is 37.1 Å². The van der Waals surface area contributed by atoms with Gasteiger partial charge in [0.05, 0.1) is 18.4 Å². The zero-order valence-corrected chi connectivity index (χ0v) is 15.4. The molecule has 1 aliphatic rings. The number of hydrogen-bond acceptors (Lipinski definition) is 5. The average molecular weight is 376 g/mol. The third-order valence-electron chi connectivity index (χ3n) is 4.89. The molecule has 0 atom stereocenters. The molecule has 1 amide bonds. The smallest absolute Gasteiger partial charge is 0.252 e. The van der Waals surface area contributed by atoms with Crippen molar-refractivity contribution in [3.63, 3.8) is 0 Å². The van der Waals surface area contributed by atoms with E-state index in [0.717, 1.165) is 24.2 Å². The highest BCUT2D eigenvalue weighted by atomic mass is 35.5. The molecular weight excluding hydrogens is 354 g/mol. The Bertz CT molecular complexity index is 791. The lowest BCUT2D eigenvalue weighted by atomic mass is 9.73. The van der Waals surface area contributed by atoms with Crippen LogP contribution >= 0.6 is 11.6 Å². The third kappa shape index (κ3) is 3.76. The molecule has 3 rings (SSSR count). The number of hydrogen-bond donors (Lipinski definition) is 2. The first-order chi connectivity index (χ1) is 12.6. The molecule has 2 aromatic rings. The van der Waals surface area contributed by atoms with Crippen LogP contribution in [-0.2, 0) is 10.2 Å². The highest BCUT2D eigenvalue weighted by Crippen LogP contribution is 2.41. The summed E-state index contributed by atoms with van der Waals surface area (Å²) in [7, 11) is 1.65. The van der Waals surface area contributed by atoms with Crippen LogP contribution in [0.4, 0.5) is 5.69 Å². The van der Waals surface area contributed by atoms with E-state index in [1.807, 2.05) is 18.2 Å². The van der Waals surface area contributed by atoms with Crippen LogP contribution in [0.25, 0.3) is 0 Å². The molecule has 3 N–H and O–H groups in total. The lowest BCUT2D eigenvalue weighted by Crippen LogP contribution is -2.40. The average Bonchev–Trinajstić information content (AvgIpc) is 2.67. The Morgan fingerprint density at radius 3 is 2.85 bits per heavy atom. The summed E-state index contributed by atoms with van der Waals surface area (Å²) in [5.74, 6) is 0.282. The molecule has 0 radical (unpaired) electrons. The fourth-order valence-electron chi connectivity index (χ4n) is 3.41. The third-order valence-corrected chi connectivity index (χ3v) is 5.12. The Morgan fingerprint density at radius 2 is 2.15 bits per heavy atom. The molecule has 1 aromatic heterocycles. The summed E-state index contributed by atoms with van der Waals surface area (Å²) < 4.78 is 11.2. The second kappa shape index (κ2) is 7.93. The van der Waals surface area contributed by atoms with Gasteiger partial charge in [0.15, 0.2) is 0 Å². The lowest BCUT2D eigenvalue weighted by Gasteiger charge is -2.39. The number of rotatable bonds is 6. The second-order valence-electron chi connectivity index (χ2n) is 6.38. The lowest BCUT2D eigenvalue weighted by molar-refractivity contribution is 0.0535. The molecule has 0 saturated carbocycles. The van der Waals surface area contributed by atoms with Gasteiger partial charge in [0, 0.05) is 48.2 Å². The van der Waals surface area contributed by atoms with E-state index in [0.29, 0.717) is 36.0 Å². The predicted molar refractivity (Wildman–Crippen MR) is 101 cm³/mol. The van der Waals surface area contributed by atoms with E-state index in [1.165, 1.54) is 6.20 Å². The number of pyridine rings is 1. The summed E-state index contributed by atoms with van der Waals surface area (Å²) >= 11 is 6.26. The summed E-state index contributed by atoms with van der Waals surface area (Å²) in [6, 6.07) is 7.41. The molecule has 0 spiro atoms. The minimum absolute atomic E-state index is 0.229. The molecule has 0 bridgehead atoms. The van der Waals surface area contributed by atoms with Gasteiger partial charge >= 0.3 is 0 Å². The Hall–Kier alpha value is -2.31. The number of carbonyl (C=O) groups excluding carboxylic acids is 1. The van der Waals surface area contributed by atoms with Crippen molar-refractivity contribution < 1.29 is 14.3 Å². The molecular formula is C19H22ClN3O3. The molecule has 1 saturated heterocycles. The van der Waals surface area contributed by atoms with Gasteiger partial charge in [0.25, 0.3) is 5.91 Å². The molecule has 6 nitrogen and oxygen atoms in total. The quantitative estimate of drug-likeness (QED) is 0.810. The van der Waals surface area contributed by atoms with Crippen molar-refractivity contribution in [3.05, 3.63) is 52.8 Å². The molecule has 1 aromatic carbocycles. The highest BCUT2D eigenvalue weighted by Gasteiger charge is 2.37. The van der Waals surface area contributed by atoms with Crippen molar-refractivity contribution >= 4 is 23.2 Å². The number of anilines is 1. The molecule has 0 aliphatic carbocycles. The van der Waals surface area contributed by atoms with Crippen molar-refractivity contribution in [2.45, 2.75) is 18.3 Å². The van der Waals surface area contributed by atoms with Crippen molar-refractivity contribution in [3.8, 4) is 5.75 Å². The number of nitrogens with two attached hydrogens (primary N) is 1. The minimum Gasteiger partial charge on any atom is -0.496 e. The summed E-state index contributed by atoms with van der Waals surface area (Å²) in [5, 5.41) is 4.04. The van der Waals surface area contributed by atoms with Crippen LogP contribution in [0.5, 0.6) is 5.75 Å². The van der Waals surface area contributed by atoms with E-state index in [-0.39, 0.29) is 5.41 Å². The number of primary amides is 1. The number of benzene rings is 1. The molecule has 0 unspecified atom stereocenters. The van der Waals surface area contributed by atoms with Crippen molar-refractivity contribution in [2.75, 3.05) is 32.2 Å². The van der Waals surface area contributed by atoms with Gasteiger partial charge in [0.2, 0.25) is 0 Å². The van der Waals surface area contributed by atoms with Crippen LogP contribution in [0, 0.1) is 0 Å². The van der Waals surface area contributed by atoms with Crippen LogP contribution in [-0.4, -0.2) is 37.8 Å². The SMILES string of the molecule is COc1ccc(Cl)cc1C1(CNc2ccncc2C(N)=O)CCOCC1. The number of ether oxygens (including phenoxy) is 2. The molecule has 1 aliphatic heterocycles. The maximum atomic E-state index is 11.7.